The fourth-order valence-electron chi connectivity index (χ4n) is 5.02. The summed E-state index contributed by atoms with van der Waals surface area (Å²) in [6.45, 7) is 6.11. The minimum Gasteiger partial charge on any atom is -0.383 e. The number of aryl methyl sites for hydroxylation is 2. The summed E-state index contributed by atoms with van der Waals surface area (Å²) in [7, 11) is 1.64. The number of imide groups is 1. The average molecular weight is 409 g/mol. The minimum absolute atomic E-state index is 0.0755. The van der Waals surface area contributed by atoms with Crippen molar-refractivity contribution in [2.75, 3.05) is 20.3 Å². The minimum atomic E-state index is -1.04. The van der Waals surface area contributed by atoms with Gasteiger partial charge in [0.15, 0.2) is 5.78 Å². The highest BCUT2D eigenvalue weighted by Gasteiger charge is 2.55. The second-order valence-electron chi connectivity index (χ2n) is 8.27. The second kappa shape index (κ2) is 7.40. The molecular weight excluding hydrogens is 382 g/mol. The standard InChI is InChI=1S/C23H27N3O4/c1-14-11-18(16(3)26(14)15(2)13-30-4)20(27)12-25-21(28)23(24-22(25)29)10-9-17-7-5-6-8-19(17)23/h5-8,11,15H,9-10,12-13H2,1-4H3,(H,24,29)/t15-,23-/m0/s1. The van der Waals surface area contributed by atoms with Gasteiger partial charge in [0.2, 0.25) is 0 Å². The zero-order valence-corrected chi connectivity index (χ0v) is 17.8. The molecule has 1 spiro atoms. The van der Waals surface area contributed by atoms with Crippen LogP contribution in [0.3, 0.4) is 0 Å². The molecule has 158 valence electrons. The molecule has 0 radical (unpaired) electrons. The van der Waals surface area contributed by atoms with Gasteiger partial charge in [-0.2, -0.15) is 0 Å². The van der Waals surface area contributed by atoms with Crippen LogP contribution in [0.4, 0.5) is 4.79 Å². The predicted octanol–water partition coefficient (Wildman–Crippen LogP) is 2.89. The summed E-state index contributed by atoms with van der Waals surface area (Å²) in [6, 6.07) is 9.06. The van der Waals surface area contributed by atoms with Gasteiger partial charge in [-0.1, -0.05) is 24.3 Å². The lowest BCUT2D eigenvalue weighted by Gasteiger charge is -2.22. The van der Waals surface area contributed by atoms with E-state index in [4.69, 9.17) is 4.74 Å². The van der Waals surface area contributed by atoms with E-state index in [1.54, 1.807) is 7.11 Å². The molecular formula is C23H27N3O4. The number of ether oxygens (including phenoxy) is 1. The number of nitrogens with zero attached hydrogens (tertiary/aromatic N) is 2. The Morgan fingerprint density at radius 1 is 1.27 bits per heavy atom. The third-order valence-electron chi connectivity index (χ3n) is 6.36. The van der Waals surface area contributed by atoms with Crippen molar-refractivity contribution >= 4 is 17.7 Å². The average Bonchev–Trinajstić information content (AvgIpc) is 3.31. The summed E-state index contributed by atoms with van der Waals surface area (Å²) in [5.74, 6) is -0.585. The molecule has 1 aliphatic heterocycles. The monoisotopic (exact) mass is 409 g/mol. The maximum atomic E-state index is 13.3. The smallest absolute Gasteiger partial charge is 0.325 e. The van der Waals surface area contributed by atoms with Gasteiger partial charge in [0.05, 0.1) is 19.2 Å². The molecule has 0 unspecified atom stereocenters. The van der Waals surface area contributed by atoms with Gasteiger partial charge in [0, 0.05) is 24.1 Å². The number of rotatable bonds is 6. The number of methoxy groups -OCH3 is 1. The Morgan fingerprint density at radius 3 is 2.73 bits per heavy atom. The van der Waals surface area contributed by atoms with E-state index in [1.807, 2.05) is 51.1 Å². The summed E-state index contributed by atoms with van der Waals surface area (Å²) in [4.78, 5) is 40.1. The molecule has 2 aliphatic rings. The van der Waals surface area contributed by atoms with Crippen molar-refractivity contribution < 1.29 is 19.1 Å². The highest BCUT2D eigenvalue weighted by atomic mass is 16.5. The van der Waals surface area contributed by atoms with Crippen LogP contribution < -0.4 is 5.32 Å². The van der Waals surface area contributed by atoms with E-state index in [0.717, 1.165) is 33.8 Å². The van der Waals surface area contributed by atoms with Crippen molar-refractivity contribution in [1.29, 1.82) is 0 Å². The number of aromatic nitrogens is 1. The maximum absolute atomic E-state index is 13.3. The van der Waals surface area contributed by atoms with Gasteiger partial charge in [0.1, 0.15) is 5.54 Å². The van der Waals surface area contributed by atoms with E-state index in [1.165, 1.54) is 0 Å². The van der Waals surface area contributed by atoms with Gasteiger partial charge in [-0.3, -0.25) is 14.5 Å². The zero-order valence-electron chi connectivity index (χ0n) is 17.8. The zero-order chi connectivity index (χ0) is 21.6. The van der Waals surface area contributed by atoms with E-state index in [9.17, 15) is 14.4 Å². The Kier molecular flexibility index (Phi) is 5.02. The highest BCUT2D eigenvalue weighted by molar-refractivity contribution is 6.12. The topological polar surface area (TPSA) is 80.6 Å². The fourth-order valence-corrected chi connectivity index (χ4v) is 5.02. The summed E-state index contributed by atoms with van der Waals surface area (Å²) in [5.41, 5.74) is 3.15. The van der Waals surface area contributed by atoms with Crippen molar-refractivity contribution in [3.05, 3.63) is 58.4 Å². The Hall–Kier alpha value is -2.93. The Bertz CT molecular complexity index is 1040. The lowest BCUT2D eigenvalue weighted by atomic mass is 9.92. The molecule has 1 fully saturated rings. The van der Waals surface area contributed by atoms with Crippen LogP contribution >= 0.6 is 0 Å². The van der Waals surface area contributed by atoms with Crippen molar-refractivity contribution in [3.63, 3.8) is 0 Å². The fraction of sp³-hybridized carbons (Fsp3) is 0.435. The summed E-state index contributed by atoms with van der Waals surface area (Å²) in [5, 5.41) is 2.87. The van der Waals surface area contributed by atoms with E-state index in [-0.39, 0.29) is 24.3 Å². The molecule has 0 saturated carbocycles. The highest BCUT2D eigenvalue weighted by Crippen LogP contribution is 2.41. The van der Waals surface area contributed by atoms with Crippen LogP contribution in [0.25, 0.3) is 0 Å². The number of amides is 3. The van der Waals surface area contributed by atoms with Gasteiger partial charge < -0.3 is 14.6 Å². The molecule has 1 aliphatic carbocycles. The number of Topliss-reactive ketones (excluding diaryl/α,β-unsaturated/α-hetero) is 1. The maximum Gasteiger partial charge on any atom is 0.325 e. The van der Waals surface area contributed by atoms with Crippen LogP contribution in [0.5, 0.6) is 0 Å². The number of ketones is 1. The largest absolute Gasteiger partial charge is 0.383 e. The molecule has 1 aromatic heterocycles. The number of urea groups is 1. The molecule has 2 atom stereocenters. The molecule has 0 bridgehead atoms. The molecule has 1 aromatic carbocycles. The van der Waals surface area contributed by atoms with Crippen LogP contribution in [-0.4, -0.2) is 47.4 Å². The number of hydrogen-bond donors (Lipinski definition) is 1. The van der Waals surface area contributed by atoms with Gasteiger partial charge >= 0.3 is 6.03 Å². The van der Waals surface area contributed by atoms with Crippen LogP contribution in [0.15, 0.2) is 30.3 Å². The Labute approximate surface area is 176 Å². The van der Waals surface area contributed by atoms with E-state index >= 15 is 0 Å². The summed E-state index contributed by atoms with van der Waals surface area (Å²) in [6.07, 6.45) is 1.24. The molecule has 2 heterocycles. The van der Waals surface area contributed by atoms with Crippen LogP contribution in [0, 0.1) is 13.8 Å². The normalized spacial score (nSPS) is 21.3. The lowest BCUT2D eigenvalue weighted by Crippen LogP contribution is -2.42. The summed E-state index contributed by atoms with van der Waals surface area (Å²) >= 11 is 0. The molecule has 30 heavy (non-hydrogen) atoms. The van der Waals surface area contributed by atoms with Crippen molar-refractivity contribution in [2.24, 2.45) is 0 Å². The molecule has 2 aromatic rings. The number of carbonyl (C=O) groups excluding carboxylic acids is 3. The van der Waals surface area contributed by atoms with E-state index in [0.29, 0.717) is 18.6 Å². The SMILES string of the molecule is COC[C@H](C)n1c(C)cc(C(=O)CN2C(=O)N[C@]3(CCc4ccccc43)C2=O)c1C. The molecule has 1 saturated heterocycles. The number of nitrogens with one attached hydrogen (secondary N) is 1. The molecule has 1 N–H and O–H groups in total. The number of benzene rings is 1. The van der Waals surface area contributed by atoms with Crippen molar-refractivity contribution in [3.8, 4) is 0 Å². The van der Waals surface area contributed by atoms with Crippen molar-refractivity contribution in [1.82, 2.24) is 14.8 Å². The Morgan fingerprint density at radius 2 is 2.00 bits per heavy atom. The first-order valence-electron chi connectivity index (χ1n) is 10.2. The van der Waals surface area contributed by atoms with Gasteiger partial charge in [-0.05, 0) is 50.8 Å². The van der Waals surface area contributed by atoms with E-state index < -0.39 is 11.6 Å². The molecule has 7 nitrogen and oxygen atoms in total. The Balaban J connectivity index is 1.59. The van der Waals surface area contributed by atoms with Crippen LogP contribution in [0.2, 0.25) is 0 Å². The number of carbonyl (C=O) groups is 3. The molecule has 3 amide bonds. The first kappa shape index (κ1) is 20.3. The predicted molar refractivity (Wildman–Crippen MR) is 112 cm³/mol. The first-order valence-corrected chi connectivity index (χ1v) is 10.2. The van der Waals surface area contributed by atoms with Crippen molar-refractivity contribution in [2.45, 2.75) is 45.2 Å². The third kappa shape index (κ3) is 2.96. The van der Waals surface area contributed by atoms with E-state index in [2.05, 4.69) is 9.88 Å². The lowest BCUT2D eigenvalue weighted by molar-refractivity contribution is -0.131. The quantitative estimate of drug-likeness (QED) is 0.588. The third-order valence-corrected chi connectivity index (χ3v) is 6.36. The first-order chi connectivity index (χ1) is 14.3. The molecule has 4 rings (SSSR count). The van der Waals surface area contributed by atoms with Gasteiger partial charge in [-0.25, -0.2) is 4.79 Å². The molecule has 7 heteroatoms. The van der Waals surface area contributed by atoms with Crippen LogP contribution in [0.1, 0.15) is 52.3 Å². The van der Waals surface area contributed by atoms with Gasteiger partial charge in [-0.15, -0.1) is 0 Å². The second-order valence-corrected chi connectivity index (χ2v) is 8.27. The van der Waals surface area contributed by atoms with Gasteiger partial charge in [0.25, 0.3) is 5.91 Å². The van der Waals surface area contributed by atoms with Crippen LogP contribution in [-0.2, 0) is 21.5 Å². The number of hydrogen-bond acceptors (Lipinski definition) is 4. The summed E-state index contributed by atoms with van der Waals surface area (Å²) < 4.78 is 7.30. The number of fused-ring (bicyclic) bond motifs is 2.